The van der Waals surface area contributed by atoms with Crippen molar-refractivity contribution in [3.05, 3.63) is 66.7 Å². The molecule has 0 amide bonds. The topological polar surface area (TPSA) is 25.8 Å². The van der Waals surface area contributed by atoms with Gasteiger partial charge in [0.15, 0.2) is 0 Å². The van der Waals surface area contributed by atoms with E-state index in [9.17, 15) is 0 Å². The van der Waals surface area contributed by atoms with E-state index in [2.05, 4.69) is 43.5 Å². The first kappa shape index (κ1) is 18.2. The molecular weight excluding hydrogens is 510 g/mol. The summed E-state index contributed by atoms with van der Waals surface area (Å²) in [5, 5.41) is 2.27. The van der Waals surface area contributed by atoms with Crippen LogP contribution in [0.15, 0.2) is 66.7 Å². The van der Waals surface area contributed by atoms with Crippen molar-refractivity contribution in [1.29, 1.82) is 0 Å². The zero-order valence-corrected chi connectivity index (χ0v) is 16.5. The molecule has 0 bridgehead atoms. The molecular formula is C18H11Br2N2Pd. The molecule has 0 saturated carbocycles. The Hall–Kier alpha value is -1.12. The number of nitrogens with zero attached hydrogens (tertiary/aromatic N) is 2. The first-order valence-corrected chi connectivity index (χ1v) is 7.47. The molecule has 0 spiro atoms. The molecule has 0 aliphatic rings. The maximum atomic E-state index is 4.75. The van der Waals surface area contributed by atoms with Gasteiger partial charge in [-0.1, -0.05) is 0 Å². The van der Waals surface area contributed by atoms with Crippen molar-refractivity contribution in [2.24, 2.45) is 0 Å². The predicted molar refractivity (Wildman–Crippen MR) is 82.1 cm³/mol. The van der Waals surface area contributed by atoms with Crippen LogP contribution in [0.2, 0.25) is 0 Å². The van der Waals surface area contributed by atoms with E-state index in [1.165, 1.54) is 0 Å². The first-order valence-electron chi connectivity index (χ1n) is 6.70. The van der Waals surface area contributed by atoms with E-state index in [0.29, 0.717) is 0 Å². The van der Waals surface area contributed by atoms with Crippen molar-refractivity contribution in [2.45, 2.75) is 0 Å². The summed E-state index contributed by atoms with van der Waals surface area (Å²) in [6.07, 6.45) is 0. The number of aromatic nitrogens is 2. The molecule has 0 aliphatic carbocycles. The van der Waals surface area contributed by atoms with Gasteiger partial charge in [-0.05, 0) is 0 Å². The molecule has 23 heavy (non-hydrogen) atoms. The minimum atomic E-state index is 0. The molecule has 4 rings (SSSR count). The first-order chi connectivity index (χ1) is 10.3. The maximum absolute atomic E-state index is 4.75. The van der Waals surface area contributed by atoms with Crippen LogP contribution in [0.25, 0.3) is 33.2 Å². The van der Waals surface area contributed by atoms with Crippen LogP contribution in [-0.4, -0.2) is 9.97 Å². The fourth-order valence-electron chi connectivity index (χ4n) is 2.45. The summed E-state index contributed by atoms with van der Waals surface area (Å²) >= 11 is 3.31. The van der Waals surface area contributed by atoms with E-state index < -0.39 is 0 Å². The van der Waals surface area contributed by atoms with E-state index in [1.54, 1.807) is 0 Å². The van der Waals surface area contributed by atoms with Crippen molar-refractivity contribution in [1.82, 2.24) is 9.97 Å². The van der Waals surface area contributed by atoms with E-state index in [0.717, 1.165) is 37.2 Å². The summed E-state index contributed by atoms with van der Waals surface area (Å²) in [4.78, 5) is 9.48. The van der Waals surface area contributed by atoms with E-state index in [1.807, 2.05) is 42.5 Å². The molecule has 0 N–H and O–H groups in total. The second-order valence-corrected chi connectivity index (χ2v) is 5.70. The summed E-state index contributed by atoms with van der Waals surface area (Å²) in [7, 11) is 0. The zero-order valence-electron chi connectivity index (χ0n) is 11.8. The van der Waals surface area contributed by atoms with Gasteiger partial charge in [-0.2, -0.15) is 0 Å². The number of pyridine rings is 2. The fraction of sp³-hybridized carbons (Fsp3) is 0. The van der Waals surface area contributed by atoms with Crippen molar-refractivity contribution in [3.63, 3.8) is 0 Å². The Labute approximate surface area is 166 Å². The molecule has 0 saturated heterocycles. The van der Waals surface area contributed by atoms with Crippen LogP contribution < -0.4 is 38.0 Å². The summed E-state index contributed by atoms with van der Waals surface area (Å²) in [5.41, 5.74) is 3.75. The molecule has 2 aromatic carbocycles. The summed E-state index contributed by atoms with van der Waals surface area (Å²) in [6, 6.07) is 22.5. The van der Waals surface area contributed by atoms with Gasteiger partial charge in [-0.15, -0.1) is 0 Å². The number of halogens is 2. The van der Waals surface area contributed by atoms with Crippen molar-refractivity contribution in [2.75, 3.05) is 0 Å². The monoisotopic (exact) mass is 519 g/mol. The second kappa shape index (κ2) is 7.63. The number of rotatable bonds is 1. The summed E-state index contributed by atoms with van der Waals surface area (Å²) in [5.74, 6) is 0. The van der Waals surface area contributed by atoms with Gasteiger partial charge < -0.3 is 34.0 Å². The Bertz CT molecular complexity index is 973. The molecule has 0 aliphatic heterocycles. The van der Waals surface area contributed by atoms with E-state index >= 15 is 0 Å². The third-order valence-corrected chi connectivity index (χ3v) is 4.09. The Kier molecular flexibility index (Phi) is 6.05. The normalized spacial score (nSPS) is 10.1. The number of para-hydroxylation sites is 2. The number of hydrogen-bond donors (Lipinski definition) is 0. The van der Waals surface area contributed by atoms with Crippen LogP contribution >= 0.6 is 0 Å². The summed E-state index contributed by atoms with van der Waals surface area (Å²) < 4.78 is 1.000. The fourth-order valence-corrected chi connectivity index (χ4v) is 2.97. The van der Waals surface area contributed by atoms with Gasteiger partial charge in [0.05, 0.1) is 0 Å². The van der Waals surface area contributed by atoms with Gasteiger partial charge in [-0.3, -0.25) is 0 Å². The molecule has 117 valence electrons. The second-order valence-electron chi connectivity index (χ2n) is 4.87. The van der Waals surface area contributed by atoms with Crippen molar-refractivity contribution in [3.8, 4) is 11.4 Å². The standard InChI is InChI=1S/C18H11N2.2BrH.Pd/c1-3-7-15-13(5-1)9-11-17(19-15)18-12-10-14-6-2-4-8-16(14)20-18;;;/h1-11H;2*1H;/q;;;+2/p-2. The molecule has 2 heterocycles. The van der Waals surface area contributed by atoms with Crippen LogP contribution in [0.4, 0.5) is 0 Å². The van der Waals surface area contributed by atoms with Crippen LogP contribution in [0.5, 0.6) is 0 Å². The van der Waals surface area contributed by atoms with Gasteiger partial charge >= 0.3 is 133 Å². The Balaban J connectivity index is 0.000000960. The molecule has 4 aromatic rings. The van der Waals surface area contributed by atoms with Gasteiger partial charge in [-0.25, -0.2) is 0 Å². The molecule has 5 heteroatoms. The molecule has 2 aromatic heterocycles. The van der Waals surface area contributed by atoms with Crippen LogP contribution in [0.3, 0.4) is 0 Å². The SMILES string of the molecule is [Br-].[Br-].[Pd+2][c]1cc2ccccc2nc1-c1ccc2ccccc2n1. The average Bonchev–Trinajstić information content (AvgIpc) is 2.54. The predicted octanol–water partition coefficient (Wildman–Crippen LogP) is -2.37. The molecule has 2 nitrogen and oxygen atoms in total. The van der Waals surface area contributed by atoms with Gasteiger partial charge in [0.1, 0.15) is 0 Å². The quantitative estimate of drug-likeness (QED) is 0.262. The van der Waals surface area contributed by atoms with Gasteiger partial charge in [0.25, 0.3) is 0 Å². The molecule has 0 radical (unpaired) electrons. The van der Waals surface area contributed by atoms with Crippen molar-refractivity contribution >= 4 is 25.8 Å². The van der Waals surface area contributed by atoms with Crippen LogP contribution in [-0.2, 0) is 19.2 Å². The molecule has 0 atom stereocenters. The summed E-state index contributed by atoms with van der Waals surface area (Å²) in [6.45, 7) is 0. The Morgan fingerprint density at radius 3 is 2.00 bits per heavy atom. The van der Waals surface area contributed by atoms with Crippen LogP contribution in [0, 0.1) is 0 Å². The third kappa shape index (κ3) is 3.54. The number of hydrogen-bond acceptors (Lipinski definition) is 2. The van der Waals surface area contributed by atoms with E-state index in [4.69, 9.17) is 9.97 Å². The third-order valence-electron chi connectivity index (χ3n) is 3.49. The minimum absolute atomic E-state index is 0. The number of benzene rings is 2. The Morgan fingerprint density at radius 1 is 0.652 bits per heavy atom. The number of fused-ring (bicyclic) bond motifs is 2. The molecule has 0 unspecified atom stereocenters. The average molecular weight is 522 g/mol. The molecule has 0 fully saturated rings. The van der Waals surface area contributed by atoms with Crippen molar-refractivity contribution < 1.29 is 53.2 Å². The zero-order chi connectivity index (χ0) is 14.2. The van der Waals surface area contributed by atoms with Gasteiger partial charge in [0, 0.05) is 0 Å². The van der Waals surface area contributed by atoms with Gasteiger partial charge in [0.2, 0.25) is 0 Å². The van der Waals surface area contributed by atoms with Crippen LogP contribution in [0.1, 0.15) is 0 Å². The van der Waals surface area contributed by atoms with E-state index in [-0.39, 0.29) is 34.0 Å². The Morgan fingerprint density at radius 2 is 1.26 bits per heavy atom.